The number of benzene rings is 1. The van der Waals surface area contributed by atoms with E-state index in [-0.39, 0.29) is 12.0 Å². The van der Waals surface area contributed by atoms with Crippen LogP contribution < -0.4 is 10.2 Å². The Bertz CT molecular complexity index is 945. The van der Waals surface area contributed by atoms with E-state index in [4.69, 9.17) is 20.9 Å². The summed E-state index contributed by atoms with van der Waals surface area (Å²) in [7, 11) is 0. The highest BCUT2D eigenvalue weighted by atomic mass is 35.5. The monoisotopic (exact) mass is 488 g/mol. The van der Waals surface area contributed by atoms with Crippen molar-refractivity contribution in [1.29, 1.82) is 0 Å². The number of rotatable bonds is 7. The number of aromatic nitrogens is 1. The number of carbonyl (C=O) groups excluding carboxylic acids is 1. The highest BCUT2D eigenvalue weighted by Gasteiger charge is 2.26. The molecule has 34 heavy (non-hydrogen) atoms. The van der Waals surface area contributed by atoms with Crippen LogP contribution in [0.1, 0.15) is 57.8 Å². The second kappa shape index (κ2) is 11.3. The Morgan fingerprint density at radius 3 is 2.68 bits per heavy atom. The third kappa shape index (κ3) is 6.04. The van der Waals surface area contributed by atoms with Crippen molar-refractivity contribution in [3.05, 3.63) is 23.2 Å². The molecule has 5 rings (SSSR count). The van der Waals surface area contributed by atoms with Crippen LogP contribution in [0, 0.1) is 5.92 Å². The molecule has 1 atom stereocenters. The Kier molecular flexibility index (Phi) is 7.92. The van der Waals surface area contributed by atoms with Crippen LogP contribution in [0.15, 0.2) is 22.7 Å². The third-order valence-corrected chi connectivity index (χ3v) is 8.07. The van der Waals surface area contributed by atoms with Crippen LogP contribution in [0.2, 0.25) is 5.02 Å². The molecule has 2 aliphatic heterocycles. The zero-order valence-corrected chi connectivity index (χ0v) is 20.8. The number of nitrogens with zero attached hydrogens (tertiary/aromatic N) is 3. The van der Waals surface area contributed by atoms with Gasteiger partial charge in [-0.1, -0.05) is 16.8 Å². The molecule has 1 amide bonds. The molecule has 2 saturated heterocycles. The fraction of sp³-hybridized carbons (Fsp3) is 0.692. The lowest BCUT2D eigenvalue weighted by Gasteiger charge is -2.36. The number of amides is 1. The van der Waals surface area contributed by atoms with Gasteiger partial charge in [-0.05, 0) is 76.0 Å². The van der Waals surface area contributed by atoms with E-state index in [1.807, 2.05) is 18.2 Å². The third-order valence-electron chi connectivity index (χ3n) is 7.84. The summed E-state index contributed by atoms with van der Waals surface area (Å²) in [5.41, 5.74) is 0.749. The number of piperazine rings is 1. The molecule has 1 aliphatic carbocycles. The summed E-state index contributed by atoms with van der Waals surface area (Å²) in [6.45, 7) is 6.00. The Hall–Kier alpha value is -1.83. The maximum atomic E-state index is 12.4. The first-order valence-electron chi connectivity index (χ1n) is 13.1. The molecule has 0 unspecified atom stereocenters. The molecule has 3 fully saturated rings. The van der Waals surface area contributed by atoms with E-state index in [1.54, 1.807) is 0 Å². The molecule has 0 bridgehead atoms. The minimum absolute atomic E-state index is 0.132. The summed E-state index contributed by atoms with van der Waals surface area (Å²) >= 11 is 6.07. The zero-order valence-electron chi connectivity index (χ0n) is 20.0. The quantitative estimate of drug-likeness (QED) is 0.612. The first-order chi connectivity index (χ1) is 16.6. The number of hydrogen-bond acceptors (Lipinski definition) is 6. The number of carbonyl (C=O) groups is 1. The van der Waals surface area contributed by atoms with Gasteiger partial charge in [-0.2, -0.15) is 0 Å². The van der Waals surface area contributed by atoms with Crippen LogP contribution >= 0.6 is 11.6 Å². The second-order valence-electron chi connectivity index (χ2n) is 10.2. The molecular formula is C26H37ClN4O3. The normalized spacial score (nSPS) is 26.6. The molecule has 1 N–H and O–H groups in total. The standard InChI is InChI=1S/C26H37ClN4O3/c27-20-6-9-23-24(17-20)34-29-26(23)31-14-12-30(13-15-31)11-10-19-4-7-21(8-5-19)28-25(32)18-22-3-1-2-16-33-22/h6,9,17,19,21-22H,1-5,7-8,10-16,18H2,(H,28,32)/t19-,21-,22-/m1/s1. The van der Waals surface area contributed by atoms with Gasteiger partial charge in [0.05, 0.1) is 17.9 Å². The van der Waals surface area contributed by atoms with Crippen LogP contribution in [0.25, 0.3) is 11.0 Å². The Morgan fingerprint density at radius 1 is 1.09 bits per heavy atom. The first-order valence-corrected chi connectivity index (χ1v) is 13.4. The predicted octanol–water partition coefficient (Wildman–Crippen LogP) is 4.63. The molecule has 1 aromatic heterocycles. The number of hydrogen-bond donors (Lipinski definition) is 1. The van der Waals surface area contributed by atoms with Gasteiger partial charge in [0.2, 0.25) is 5.91 Å². The van der Waals surface area contributed by atoms with Crippen molar-refractivity contribution in [2.75, 3.05) is 44.2 Å². The van der Waals surface area contributed by atoms with Gasteiger partial charge < -0.3 is 19.5 Å². The van der Waals surface area contributed by atoms with Gasteiger partial charge in [-0.3, -0.25) is 9.69 Å². The molecule has 0 spiro atoms. The van der Waals surface area contributed by atoms with E-state index in [9.17, 15) is 4.79 Å². The topological polar surface area (TPSA) is 70.8 Å². The van der Waals surface area contributed by atoms with Gasteiger partial charge >= 0.3 is 0 Å². The van der Waals surface area contributed by atoms with E-state index in [2.05, 4.69) is 20.3 Å². The van der Waals surface area contributed by atoms with E-state index in [0.29, 0.717) is 17.5 Å². The zero-order chi connectivity index (χ0) is 23.3. The van der Waals surface area contributed by atoms with Crippen LogP contribution in [-0.4, -0.2) is 67.4 Å². The van der Waals surface area contributed by atoms with Crippen molar-refractivity contribution in [3.63, 3.8) is 0 Å². The first kappa shape index (κ1) is 23.9. The highest BCUT2D eigenvalue weighted by Crippen LogP contribution is 2.30. The predicted molar refractivity (Wildman–Crippen MR) is 134 cm³/mol. The molecule has 0 radical (unpaired) electrons. The van der Waals surface area contributed by atoms with Gasteiger partial charge in [0.1, 0.15) is 0 Å². The summed E-state index contributed by atoms with van der Waals surface area (Å²) in [5.74, 6) is 1.88. The smallest absolute Gasteiger partial charge is 0.222 e. The Morgan fingerprint density at radius 2 is 1.91 bits per heavy atom. The van der Waals surface area contributed by atoms with Crippen molar-refractivity contribution >= 4 is 34.3 Å². The molecule has 1 saturated carbocycles. The average molecular weight is 489 g/mol. The maximum Gasteiger partial charge on any atom is 0.222 e. The molecule has 2 aromatic rings. The second-order valence-corrected chi connectivity index (χ2v) is 10.7. The molecule has 186 valence electrons. The van der Waals surface area contributed by atoms with Crippen molar-refractivity contribution in [2.24, 2.45) is 5.92 Å². The summed E-state index contributed by atoms with van der Waals surface area (Å²) < 4.78 is 11.2. The van der Waals surface area contributed by atoms with E-state index < -0.39 is 0 Å². The van der Waals surface area contributed by atoms with Crippen LogP contribution in [0.5, 0.6) is 0 Å². The fourth-order valence-corrected chi connectivity index (χ4v) is 5.89. The van der Waals surface area contributed by atoms with Crippen molar-refractivity contribution in [1.82, 2.24) is 15.4 Å². The number of anilines is 1. The van der Waals surface area contributed by atoms with E-state index >= 15 is 0 Å². The van der Waals surface area contributed by atoms with Gasteiger partial charge in [-0.15, -0.1) is 0 Å². The number of halogens is 1. The lowest BCUT2D eigenvalue weighted by molar-refractivity contribution is -0.125. The maximum absolute atomic E-state index is 12.4. The van der Waals surface area contributed by atoms with E-state index in [0.717, 1.165) is 87.7 Å². The minimum atomic E-state index is 0.132. The minimum Gasteiger partial charge on any atom is -0.378 e. The number of ether oxygens (including phenoxy) is 1. The van der Waals surface area contributed by atoms with Crippen molar-refractivity contribution < 1.29 is 14.1 Å². The van der Waals surface area contributed by atoms with Crippen LogP contribution in [0.3, 0.4) is 0 Å². The SMILES string of the molecule is O=C(C[C@H]1CCCCO1)N[C@H]1CC[C@H](CCN2CCN(c3noc4cc(Cl)ccc34)CC2)CC1. The van der Waals surface area contributed by atoms with E-state index in [1.165, 1.54) is 25.7 Å². The fourth-order valence-electron chi connectivity index (χ4n) is 5.73. The summed E-state index contributed by atoms with van der Waals surface area (Å²) in [6, 6.07) is 6.07. The molecule has 7 nitrogen and oxygen atoms in total. The summed E-state index contributed by atoms with van der Waals surface area (Å²) in [4.78, 5) is 17.3. The average Bonchev–Trinajstić information content (AvgIpc) is 3.27. The molecule has 8 heteroatoms. The van der Waals surface area contributed by atoms with Crippen molar-refractivity contribution in [2.45, 2.75) is 69.9 Å². The van der Waals surface area contributed by atoms with Crippen LogP contribution in [-0.2, 0) is 9.53 Å². The molecule has 3 aliphatic rings. The Balaban J connectivity index is 0.992. The van der Waals surface area contributed by atoms with Crippen LogP contribution in [0.4, 0.5) is 5.82 Å². The summed E-state index contributed by atoms with van der Waals surface area (Å²) in [5, 5.41) is 9.28. The molecule has 3 heterocycles. The number of nitrogens with one attached hydrogen (secondary N) is 1. The lowest BCUT2D eigenvalue weighted by atomic mass is 9.84. The van der Waals surface area contributed by atoms with Gasteiger partial charge in [0, 0.05) is 49.9 Å². The molecular weight excluding hydrogens is 452 g/mol. The summed E-state index contributed by atoms with van der Waals surface area (Å²) in [6.07, 6.45) is 9.92. The van der Waals surface area contributed by atoms with Crippen molar-refractivity contribution in [3.8, 4) is 0 Å². The van der Waals surface area contributed by atoms with Gasteiger partial charge in [0.15, 0.2) is 11.4 Å². The largest absolute Gasteiger partial charge is 0.378 e. The molecule has 1 aromatic carbocycles. The lowest BCUT2D eigenvalue weighted by Crippen LogP contribution is -2.47. The van der Waals surface area contributed by atoms with Gasteiger partial charge in [-0.25, -0.2) is 0 Å². The number of fused-ring (bicyclic) bond motifs is 1. The highest BCUT2D eigenvalue weighted by molar-refractivity contribution is 6.31. The Labute approximate surface area is 207 Å². The van der Waals surface area contributed by atoms with Gasteiger partial charge in [0.25, 0.3) is 0 Å².